The minimum atomic E-state index is -0.232. The van der Waals surface area contributed by atoms with E-state index in [0.717, 1.165) is 24.3 Å². The Labute approximate surface area is 102 Å². The van der Waals surface area contributed by atoms with Crippen molar-refractivity contribution in [3.8, 4) is 0 Å². The third kappa shape index (κ3) is 3.25. The van der Waals surface area contributed by atoms with Gasteiger partial charge in [-0.3, -0.25) is 4.79 Å². The fourth-order valence-electron chi connectivity index (χ4n) is 1.28. The van der Waals surface area contributed by atoms with E-state index in [2.05, 4.69) is 20.5 Å². The largest absolute Gasteiger partial charge is 0.374 e. The van der Waals surface area contributed by atoms with Gasteiger partial charge >= 0.3 is 0 Å². The number of rotatable bonds is 5. The van der Waals surface area contributed by atoms with Crippen molar-refractivity contribution in [1.29, 1.82) is 0 Å². The molecule has 0 bridgehead atoms. The number of aryl methyl sites for hydroxylation is 1. The molecule has 0 spiro atoms. The third-order valence-electron chi connectivity index (χ3n) is 2.07. The minimum absolute atomic E-state index is 0.232. The second-order valence-corrected chi connectivity index (χ2v) is 4.36. The van der Waals surface area contributed by atoms with E-state index in [9.17, 15) is 4.79 Å². The van der Waals surface area contributed by atoms with Crippen molar-refractivity contribution in [2.24, 2.45) is 0 Å². The number of hydrogen-bond donors (Lipinski definition) is 2. The van der Waals surface area contributed by atoms with Crippen molar-refractivity contribution in [3.05, 3.63) is 23.7 Å². The molecule has 2 aromatic heterocycles. The quantitative estimate of drug-likeness (QED) is 0.737. The van der Waals surface area contributed by atoms with Gasteiger partial charge in [0.2, 0.25) is 10.1 Å². The maximum absolute atomic E-state index is 11.5. The zero-order valence-electron chi connectivity index (χ0n) is 9.04. The van der Waals surface area contributed by atoms with Crippen LogP contribution >= 0.6 is 11.3 Å². The molecule has 2 aromatic rings. The molecule has 3 N–H and O–H groups in total. The normalized spacial score (nSPS) is 10.4. The Morgan fingerprint density at radius 2 is 2.41 bits per heavy atom. The highest BCUT2D eigenvalue weighted by atomic mass is 32.1. The van der Waals surface area contributed by atoms with Crippen molar-refractivity contribution in [2.45, 2.75) is 13.0 Å². The molecule has 7 nitrogen and oxygen atoms in total. The second kappa shape index (κ2) is 5.39. The van der Waals surface area contributed by atoms with Gasteiger partial charge < -0.3 is 15.6 Å². The lowest BCUT2D eigenvalue weighted by atomic mass is 10.4. The number of anilines is 1. The average Bonchev–Trinajstić information content (AvgIpc) is 2.95. The van der Waals surface area contributed by atoms with Crippen LogP contribution < -0.4 is 11.1 Å². The van der Waals surface area contributed by atoms with Gasteiger partial charge in [0.05, 0.1) is 6.33 Å². The van der Waals surface area contributed by atoms with Crippen LogP contribution in [0.5, 0.6) is 0 Å². The predicted molar refractivity (Wildman–Crippen MR) is 63.5 cm³/mol. The van der Waals surface area contributed by atoms with Crippen molar-refractivity contribution < 1.29 is 4.79 Å². The Morgan fingerprint density at radius 3 is 3.06 bits per heavy atom. The molecule has 0 aliphatic heterocycles. The second-order valence-electron chi connectivity index (χ2n) is 3.36. The highest BCUT2D eigenvalue weighted by Crippen LogP contribution is 2.10. The molecule has 0 radical (unpaired) electrons. The first kappa shape index (κ1) is 11.5. The summed E-state index contributed by atoms with van der Waals surface area (Å²) in [5.41, 5.74) is 5.39. The summed E-state index contributed by atoms with van der Waals surface area (Å²) >= 11 is 1.08. The lowest BCUT2D eigenvalue weighted by molar-refractivity contribution is 0.0951. The summed E-state index contributed by atoms with van der Waals surface area (Å²) in [5.74, 6) is -0.232. The van der Waals surface area contributed by atoms with Crippen LogP contribution in [-0.2, 0) is 6.54 Å². The Bertz CT molecular complexity index is 479. The molecule has 90 valence electrons. The summed E-state index contributed by atoms with van der Waals surface area (Å²) in [6.07, 6.45) is 6.18. The van der Waals surface area contributed by atoms with E-state index in [1.54, 1.807) is 12.5 Å². The monoisotopic (exact) mass is 252 g/mol. The number of nitrogens with one attached hydrogen (secondary N) is 1. The van der Waals surface area contributed by atoms with Crippen molar-refractivity contribution in [1.82, 2.24) is 25.1 Å². The van der Waals surface area contributed by atoms with Gasteiger partial charge in [0, 0.05) is 25.5 Å². The highest BCUT2D eigenvalue weighted by Gasteiger charge is 2.10. The smallest absolute Gasteiger partial charge is 0.282 e. The van der Waals surface area contributed by atoms with Crippen LogP contribution in [0, 0.1) is 0 Å². The summed E-state index contributed by atoms with van der Waals surface area (Å²) in [5, 5.41) is 10.6. The molecule has 0 fully saturated rings. The first-order valence-electron chi connectivity index (χ1n) is 5.08. The number of nitrogen functional groups attached to an aromatic ring is 1. The number of aromatic nitrogens is 4. The Balaban J connectivity index is 1.70. The number of hydrogen-bond acceptors (Lipinski definition) is 6. The van der Waals surface area contributed by atoms with Crippen LogP contribution in [0.1, 0.15) is 16.2 Å². The molecule has 8 heteroatoms. The highest BCUT2D eigenvalue weighted by molar-refractivity contribution is 7.16. The zero-order chi connectivity index (χ0) is 12.1. The fourth-order valence-corrected chi connectivity index (χ4v) is 1.81. The van der Waals surface area contributed by atoms with Gasteiger partial charge in [0.25, 0.3) is 5.91 Å². The summed E-state index contributed by atoms with van der Waals surface area (Å²) in [7, 11) is 0. The Hall–Kier alpha value is -1.96. The van der Waals surface area contributed by atoms with Crippen LogP contribution in [0.3, 0.4) is 0 Å². The molecule has 1 amide bonds. The van der Waals surface area contributed by atoms with Crippen LogP contribution in [0.25, 0.3) is 0 Å². The van der Waals surface area contributed by atoms with Gasteiger partial charge in [0.15, 0.2) is 0 Å². The summed E-state index contributed by atoms with van der Waals surface area (Å²) in [6, 6.07) is 0. The van der Waals surface area contributed by atoms with Crippen LogP contribution in [0.4, 0.5) is 5.13 Å². The number of imidazole rings is 1. The molecule has 0 atom stereocenters. The predicted octanol–water partition coefficient (Wildman–Crippen LogP) is 0.137. The number of nitrogens with two attached hydrogens (primary N) is 1. The summed E-state index contributed by atoms with van der Waals surface area (Å²) in [4.78, 5) is 15.5. The maximum Gasteiger partial charge on any atom is 0.282 e. The van der Waals surface area contributed by atoms with Crippen LogP contribution in [0.2, 0.25) is 0 Å². The van der Waals surface area contributed by atoms with E-state index in [0.29, 0.717) is 16.7 Å². The van der Waals surface area contributed by atoms with E-state index >= 15 is 0 Å². The molecule has 0 unspecified atom stereocenters. The first-order chi connectivity index (χ1) is 8.25. The molecular formula is C9H12N6OS. The van der Waals surface area contributed by atoms with Gasteiger partial charge in [0.1, 0.15) is 0 Å². The van der Waals surface area contributed by atoms with Crippen molar-refractivity contribution >= 4 is 22.4 Å². The summed E-state index contributed by atoms with van der Waals surface area (Å²) < 4.78 is 1.95. The molecule has 0 aliphatic carbocycles. The van der Waals surface area contributed by atoms with E-state index in [1.165, 1.54) is 0 Å². The average molecular weight is 252 g/mol. The van der Waals surface area contributed by atoms with Crippen molar-refractivity contribution in [2.75, 3.05) is 12.3 Å². The van der Waals surface area contributed by atoms with E-state index in [-0.39, 0.29) is 5.91 Å². The standard InChI is InChI=1S/C9H12N6OS/c10-9-14-13-8(17-9)7(16)12-2-1-4-15-5-3-11-6-15/h3,5-6H,1-2,4H2,(H2,10,14)(H,12,16). The first-order valence-corrected chi connectivity index (χ1v) is 5.90. The topological polar surface area (TPSA) is 98.7 Å². The van der Waals surface area contributed by atoms with Gasteiger partial charge in [-0.2, -0.15) is 0 Å². The number of carbonyl (C=O) groups excluding carboxylic acids is 1. The molecule has 0 saturated carbocycles. The van der Waals surface area contributed by atoms with Gasteiger partial charge in [-0.15, -0.1) is 10.2 Å². The zero-order valence-corrected chi connectivity index (χ0v) is 9.85. The molecule has 2 heterocycles. The van der Waals surface area contributed by atoms with E-state index in [1.807, 2.05) is 10.8 Å². The molecule has 0 aliphatic rings. The number of carbonyl (C=O) groups is 1. The van der Waals surface area contributed by atoms with Crippen molar-refractivity contribution in [3.63, 3.8) is 0 Å². The molecular weight excluding hydrogens is 240 g/mol. The van der Waals surface area contributed by atoms with Gasteiger partial charge in [-0.05, 0) is 6.42 Å². The molecule has 17 heavy (non-hydrogen) atoms. The van der Waals surface area contributed by atoms with Gasteiger partial charge in [-0.1, -0.05) is 11.3 Å². The molecule has 2 rings (SSSR count). The van der Waals surface area contributed by atoms with E-state index in [4.69, 9.17) is 5.73 Å². The SMILES string of the molecule is Nc1nnc(C(=O)NCCCn2ccnc2)s1. The van der Waals surface area contributed by atoms with Gasteiger partial charge in [-0.25, -0.2) is 4.98 Å². The Morgan fingerprint density at radius 1 is 1.53 bits per heavy atom. The molecule has 0 saturated heterocycles. The number of nitrogens with zero attached hydrogens (tertiary/aromatic N) is 4. The van der Waals surface area contributed by atoms with Crippen LogP contribution in [0.15, 0.2) is 18.7 Å². The lowest BCUT2D eigenvalue weighted by Crippen LogP contribution is -2.25. The minimum Gasteiger partial charge on any atom is -0.374 e. The Kier molecular flexibility index (Phi) is 3.66. The number of amides is 1. The fraction of sp³-hybridized carbons (Fsp3) is 0.333. The van der Waals surface area contributed by atoms with Crippen LogP contribution in [-0.4, -0.2) is 32.2 Å². The lowest BCUT2D eigenvalue weighted by Gasteiger charge is -2.03. The third-order valence-corrected chi connectivity index (χ3v) is 2.82. The maximum atomic E-state index is 11.5. The molecule has 0 aromatic carbocycles. The van der Waals surface area contributed by atoms with E-state index < -0.39 is 0 Å². The summed E-state index contributed by atoms with van der Waals surface area (Å²) in [6.45, 7) is 1.40.